The summed E-state index contributed by atoms with van der Waals surface area (Å²) in [7, 11) is 0. The maximum atomic E-state index is 6.53. The Kier molecular flexibility index (Phi) is 7.06. The highest BCUT2D eigenvalue weighted by Gasteiger charge is 2.19. The third-order valence-electron chi connectivity index (χ3n) is 11.2. The highest BCUT2D eigenvalue weighted by Crippen LogP contribution is 2.42. The zero-order valence-electron chi connectivity index (χ0n) is 30.6. The van der Waals surface area contributed by atoms with Crippen LogP contribution in [0.15, 0.2) is 192 Å². The SMILES string of the molecule is c1ccc(-c2ccc3sc4nc(-c5ccc6c(c5)oc5ccc(-c7ccc8c(c7)c7ccccc7n8-c7ccccc7)cc56)nc(-c5ccccc5)c4c3c2)cc1. The molecule has 0 saturated carbocycles. The van der Waals surface area contributed by atoms with Crippen molar-refractivity contribution in [3.63, 3.8) is 0 Å². The lowest BCUT2D eigenvalue weighted by Gasteiger charge is -2.08. The van der Waals surface area contributed by atoms with Crippen LogP contribution in [0.5, 0.6) is 0 Å². The fraction of sp³-hybridized carbons (Fsp3) is 0. The molecule has 0 aliphatic rings. The van der Waals surface area contributed by atoms with Gasteiger partial charge in [0.25, 0.3) is 0 Å². The van der Waals surface area contributed by atoms with E-state index in [-0.39, 0.29) is 0 Å². The van der Waals surface area contributed by atoms with Crippen LogP contribution in [0.4, 0.5) is 0 Å². The van der Waals surface area contributed by atoms with Crippen LogP contribution in [0.1, 0.15) is 0 Å². The second-order valence-corrected chi connectivity index (χ2v) is 15.6. The van der Waals surface area contributed by atoms with Crippen LogP contribution in [0.3, 0.4) is 0 Å². The van der Waals surface area contributed by atoms with Crippen molar-refractivity contribution in [2.24, 2.45) is 0 Å². The minimum absolute atomic E-state index is 0.683. The van der Waals surface area contributed by atoms with Crippen LogP contribution in [0, 0.1) is 0 Å². The molecule has 0 amide bonds. The lowest BCUT2D eigenvalue weighted by atomic mass is 10.00. The first-order chi connectivity index (χ1) is 28.2. The molecule has 0 atom stereocenters. The monoisotopic (exact) mass is 745 g/mol. The maximum absolute atomic E-state index is 6.53. The molecule has 266 valence electrons. The Morgan fingerprint density at radius 2 is 1.04 bits per heavy atom. The third-order valence-corrected chi connectivity index (χ3v) is 12.3. The quantitative estimate of drug-likeness (QED) is 0.176. The summed E-state index contributed by atoms with van der Waals surface area (Å²) in [4.78, 5) is 11.5. The number of aromatic nitrogens is 3. The van der Waals surface area contributed by atoms with Gasteiger partial charge in [-0.1, -0.05) is 121 Å². The molecule has 0 spiro atoms. The van der Waals surface area contributed by atoms with Crippen molar-refractivity contribution in [2.45, 2.75) is 0 Å². The second-order valence-electron chi connectivity index (χ2n) is 14.6. The fourth-order valence-electron chi connectivity index (χ4n) is 8.52. The molecule has 12 aromatic rings. The molecule has 4 aromatic heterocycles. The van der Waals surface area contributed by atoms with Gasteiger partial charge in [0.15, 0.2) is 5.82 Å². The Labute approximate surface area is 331 Å². The average molecular weight is 746 g/mol. The van der Waals surface area contributed by atoms with Gasteiger partial charge >= 0.3 is 0 Å². The average Bonchev–Trinajstić information content (AvgIpc) is 3.95. The van der Waals surface area contributed by atoms with Crippen LogP contribution in [0.25, 0.3) is 115 Å². The summed E-state index contributed by atoms with van der Waals surface area (Å²) in [5.41, 5.74) is 12.8. The van der Waals surface area contributed by atoms with Gasteiger partial charge in [0.2, 0.25) is 0 Å². The van der Waals surface area contributed by atoms with Gasteiger partial charge < -0.3 is 8.98 Å². The minimum atomic E-state index is 0.683. The molecule has 4 nitrogen and oxygen atoms in total. The van der Waals surface area contributed by atoms with Gasteiger partial charge in [-0.3, -0.25) is 0 Å². The van der Waals surface area contributed by atoms with E-state index in [9.17, 15) is 0 Å². The van der Waals surface area contributed by atoms with Crippen molar-refractivity contribution in [1.29, 1.82) is 0 Å². The summed E-state index contributed by atoms with van der Waals surface area (Å²) in [5.74, 6) is 0.683. The Morgan fingerprint density at radius 1 is 0.404 bits per heavy atom. The van der Waals surface area contributed by atoms with E-state index in [0.717, 1.165) is 60.2 Å². The number of para-hydroxylation sites is 2. The maximum Gasteiger partial charge on any atom is 0.161 e. The Hall–Kier alpha value is -7.34. The predicted octanol–water partition coefficient (Wildman–Crippen LogP) is 14.5. The smallest absolute Gasteiger partial charge is 0.161 e. The molecule has 12 rings (SSSR count). The standard InChI is InChI=1S/C52H31N3OS/c1-4-12-32(13-5-1)34-23-27-48-43(30-34)49-50(33-14-6-2-7-15-33)53-51(54-52(49)57-48)37-20-24-40-42-29-36(22-26-46(42)56-47(40)31-37)35-21-25-45-41(28-35)39-18-10-11-19-44(39)55(45)38-16-8-3-9-17-38/h1-31H. The molecule has 0 aliphatic heterocycles. The zero-order valence-corrected chi connectivity index (χ0v) is 31.4. The number of benzene rings is 8. The summed E-state index contributed by atoms with van der Waals surface area (Å²) < 4.78 is 10.1. The van der Waals surface area contributed by atoms with Crippen molar-refractivity contribution < 1.29 is 4.42 Å². The summed E-state index contributed by atoms with van der Waals surface area (Å²) >= 11 is 1.72. The van der Waals surface area contributed by atoms with Gasteiger partial charge in [0.05, 0.1) is 16.7 Å². The van der Waals surface area contributed by atoms with E-state index in [1.807, 2.05) is 6.07 Å². The van der Waals surface area contributed by atoms with E-state index in [1.165, 1.54) is 48.6 Å². The van der Waals surface area contributed by atoms with Crippen LogP contribution in [-0.4, -0.2) is 14.5 Å². The Bertz CT molecular complexity index is 3510. The van der Waals surface area contributed by atoms with Gasteiger partial charge in [0.1, 0.15) is 16.0 Å². The molecule has 0 fully saturated rings. The second kappa shape index (κ2) is 12.6. The lowest BCUT2D eigenvalue weighted by molar-refractivity contribution is 0.669. The molecule has 0 radical (unpaired) electrons. The molecule has 0 bridgehead atoms. The molecular weight excluding hydrogens is 715 g/mol. The van der Waals surface area contributed by atoms with Crippen molar-refractivity contribution in [3.8, 4) is 50.6 Å². The first-order valence-electron chi connectivity index (χ1n) is 19.1. The van der Waals surface area contributed by atoms with Crippen molar-refractivity contribution in [2.75, 3.05) is 0 Å². The summed E-state index contributed by atoms with van der Waals surface area (Å²) in [5, 5.41) is 6.88. The normalized spacial score (nSPS) is 11.9. The van der Waals surface area contributed by atoms with Crippen LogP contribution < -0.4 is 0 Å². The highest BCUT2D eigenvalue weighted by atomic mass is 32.1. The number of fused-ring (bicyclic) bond motifs is 9. The number of rotatable bonds is 5. The molecule has 0 N–H and O–H groups in total. The number of hydrogen-bond acceptors (Lipinski definition) is 4. The number of thiophene rings is 1. The third kappa shape index (κ3) is 5.13. The minimum Gasteiger partial charge on any atom is -0.456 e. The predicted molar refractivity (Wildman–Crippen MR) is 238 cm³/mol. The molecule has 5 heteroatoms. The van der Waals surface area contributed by atoms with E-state index in [1.54, 1.807) is 11.3 Å². The van der Waals surface area contributed by atoms with Gasteiger partial charge in [-0.15, -0.1) is 11.3 Å². The van der Waals surface area contributed by atoms with E-state index < -0.39 is 0 Å². The van der Waals surface area contributed by atoms with Crippen LogP contribution >= 0.6 is 11.3 Å². The van der Waals surface area contributed by atoms with E-state index in [0.29, 0.717) is 5.82 Å². The Morgan fingerprint density at radius 3 is 1.86 bits per heavy atom. The largest absolute Gasteiger partial charge is 0.456 e. The summed E-state index contributed by atoms with van der Waals surface area (Å²) in [6.45, 7) is 0. The number of nitrogens with zero attached hydrogens (tertiary/aromatic N) is 3. The Balaban J connectivity index is 0.971. The van der Waals surface area contributed by atoms with E-state index >= 15 is 0 Å². The van der Waals surface area contributed by atoms with E-state index in [2.05, 4.69) is 187 Å². The van der Waals surface area contributed by atoms with Crippen molar-refractivity contribution in [3.05, 3.63) is 188 Å². The fourth-order valence-corrected chi connectivity index (χ4v) is 9.58. The first kappa shape index (κ1) is 32.0. The van der Waals surface area contributed by atoms with Gasteiger partial charge in [0, 0.05) is 53.8 Å². The van der Waals surface area contributed by atoms with Crippen LogP contribution in [-0.2, 0) is 0 Å². The van der Waals surface area contributed by atoms with Gasteiger partial charge in [-0.2, -0.15) is 0 Å². The first-order valence-corrected chi connectivity index (χ1v) is 20.0. The van der Waals surface area contributed by atoms with Gasteiger partial charge in [-0.05, 0) is 89.0 Å². The molecule has 0 unspecified atom stereocenters. The number of furan rings is 1. The molecule has 8 aromatic carbocycles. The summed E-state index contributed by atoms with van der Waals surface area (Å²) in [6, 6.07) is 66.7. The highest BCUT2D eigenvalue weighted by molar-refractivity contribution is 7.25. The number of hydrogen-bond donors (Lipinski definition) is 0. The molecule has 0 saturated heterocycles. The van der Waals surface area contributed by atoms with Crippen molar-refractivity contribution >= 4 is 75.4 Å². The van der Waals surface area contributed by atoms with E-state index in [4.69, 9.17) is 14.4 Å². The molecular formula is C52H31N3OS. The zero-order chi connectivity index (χ0) is 37.5. The molecule has 57 heavy (non-hydrogen) atoms. The van der Waals surface area contributed by atoms with Crippen LogP contribution in [0.2, 0.25) is 0 Å². The topological polar surface area (TPSA) is 43.9 Å². The molecule has 0 aliphatic carbocycles. The molecule has 4 heterocycles. The summed E-state index contributed by atoms with van der Waals surface area (Å²) in [6.07, 6.45) is 0. The van der Waals surface area contributed by atoms with Gasteiger partial charge in [-0.25, -0.2) is 9.97 Å². The lowest BCUT2D eigenvalue weighted by Crippen LogP contribution is -1.93. The van der Waals surface area contributed by atoms with Crippen molar-refractivity contribution in [1.82, 2.24) is 14.5 Å².